The van der Waals surface area contributed by atoms with Crippen molar-refractivity contribution in [2.45, 2.75) is 25.9 Å². The van der Waals surface area contributed by atoms with Crippen molar-refractivity contribution in [1.29, 1.82) is 0 Å². The summed E-state index contributed by atoms with van der Waals surface area (Å²) in [6, 6.07) is 16.0. The number of halogens is 1. The summed E-state index contributed by atoms with van der Waals surface area (Å²) in [6.45, 7) is 2.92. The molecule has 2 N–H and O–H groups in total. The van der Waals surface area contributed by atoms with Crippen molar-refractivity contribution >= 4 is 21.8 Å². The van der Waals surface area contributed by atoms with Gasteiger partial charge in [-0.05, 0) is 41.8 Å². The smallest absolute Gasteiger partial charge is 0.234 e. The Morgan fingerprint density at radius 1 is 1.12 bits per heavy atom. The van der Waals surface area contributed by atoms with Crippen LogP contribution in [-0.4, -0.2) is 19.6 Å². The molecule has 0 aliphatic heterocycles. The van der Waals surface area contributed by atoms with Gasteiger partial charge in [0.2, 0.25) is 5.91 Å². The van der Waals surface area contributed by atoms with Crippen molar-refractivity contribution in [3.05, 3.63) is 64.1 Å². The summed E-state index contributed by atoms with van der Waals surface area (Å²) in [4.78, 5) is 12.0. The molecular formula is C19H23BrN2O2. The molecule has 0 bridgehead atoms. The van der Waals surface area contributed by atoms with E-state index in [1.807, 2.05) is 36.4 Å². The normalized spacial score (nSPS) is 11.8. The fourth-order valence-electron chi connectivity index (χ4n) is 2.42. The third kappa shape index (κ3) is 5.65. The summed E-state index contributed by atoms with van der Waals surface area (Å²) in [7, 11) is 1.64. The van der Waals surface area contributed by atoms with E-state index >= 15 is 0 Å². The fourth-order valence-corrected chi connectivity index (χ4v) is 2.68. The highest BCUT2D eigenvalue weighted by Crippen LogP contribution is 2.19. The first-order chi connectivity index (χ1) is 11.6. The van der Waals surface area contributed by atoms with Crippen LogP contribution in [0.1, 0.15) is 30.5 Å². The number of methoxy groups -OCH3 is 1. The Kier molecular flexibility index (Phi) is 7.28. The van der Waals surface area contributed by atoms with E-state index in [-0.39, 0.29) is 11.9 Å². The number of rotatable bonds is 8. The van der Waals surface area contributed by atoms with Crippen LogP contribution in [0.5, 0.6) is 5.75 Å². The van der Waals surface area contributed by atoms with Gasteiger partial charge in [-0.15, -0.1) is 0 Å². The first-order valence-corrected chi connectivity index (χ1v) is 8.80. The van der Waals surface area contributed by atoms with Crippen molar-refractivity contribution < 1.29 is 9.53 Å². The van der Waals surface area contributed by atoms with Gasteiger partial charge in [0.05, 0.1) is 13.7 Å². The maximum absolute atomic E-state index is 12.0. The van der Waals surface area contributed by atoms with E-state index < -0.39 is 0 Å². The minimum absolute atomic E-state index is 0.0126. The molecule has 0 saturated carbocycles. The molecule has 1 atom stereocenters. The number of carbonyl (C=O) groups excluding carboxylic acids is 1. The number of hydrogen-bond donors (Lipinski definition) is 2. The highest BCUT2D eigenvalue weighted by atomic mass is 79.9. The lowest BCUT2D eigenvalue weighted by atomic mass is 10.0. The van der Waals surface area contributed by atoms with E-state index in [1.165, 1.54) is 5.56 Å². The van der Waals surface area contributed by atoms with Gasteiger partial charge in [0.15, 0.2) is 0 Å². The molecule has 0 aliphatic carbocycles. The molecule has 0 heterocycles. The average Bonchev–Trinajstić information content (AvgIpc) is 2.62. The number of benzene rings is 2. The molecule has 0 spiro atoms. The molecule has 128 valence electrons. The molecule has 0 fully saturated rings. The number of amides is 1. The summed E-state index contributed by atoms with van der Waals surface area (Å²) in [5.74, 6) is 0.799. The van der Waals surface area contributed by atoms with Gasteiger partial charge in [-0.2, -0.15) is 0 Å². The van der Waals surface area contributed by atoms with Crippen LogP contribution in [0.2, 0.25) is 0 Å². The molecular weight excluding hydrogens is 368 g/mol. The molecule has 2 aromatic carbocycles. The van der Waals surface area contributed by atoms with Crippen molar-refractivity contribution in [2.75, 3.05) is 13.7 Å². The molecule has 0 radical (unpaired) electrons. The Morgan fingerprint density at radius 2 is 1.79 bits per heavy atom. The minimum Gasteiger partial charge on any atom is -0.497 e. The Bertz CT molecular complexity index is 641. The van der Waals surface area contributed by atoms with Crippen LogP contribution in [-0.2, 0) is 11.3 Å². The highest BCUT2D eigenvalue weighted by molar-refractivity contribution is 9.10. The quantitative estimate of drug-likeness (QED) is 0.720. The van der Waals surface area contributed by atoms with Crippen LogP contribution in [0, 0.1) is 0 Å². The van der Waals surface area contributed by atoms with E-state index in [1.54, 1.807) is 7.11 Å². The van der Waals surface area contributed by atoms with E-state index in [4.69, 9.17) is 4.74 Å². The van der Waals surface area contributed by atoms with Crippen molar-refractivity contribution in [3.8, 4) is 5.75 Å². The third-order valence-electron chi connectivity index (χ3n) is 3.84. The fraction of sp³-hybridized carbons (Fsp3) is 0.316. The van der Waals surface area contributed by atoms with Crippen LogP contribution >= 0.6 is 15.9 Å². The number of carbonyl (C=O) groups is 1. The summed E-state index contributed by atoms with van der Waals surface area (Å²) >= 11 is 3.44. The maximum Gasteiger partial charge on any atom is 0.234 e. The zero-order chi connectivity index (χ0) is 17.4. The molecule has 2 aromatic rings. The Morgan fingerprint density at radius 3 is 2.38 bits per heavy atom. The van der Waals surface area contributed by atoms with E-state index in [0.29, 0.717) is 13.1 Å². The van der Waals surface area contributed by atoms with Gasteiger partial charge in [0.1, 0.15) is 5.75 Å². The zero-order valence-electron chi connectivity index (χ0n) is 14.0. The van der Waals surface area contributed by atoms with E-state index in [9.17, 15) is 4.79 Å². The second-order valence-electron chi connectivity index (χ2n) is 5.52. The van der Waals surface area contributed by atoms with Crippen LogP contribution in [0.4, 0.5) is 0 Å². The van der Waals surface area contributed by atoms with E-state index in [2.05, 4.69) is 45.6 Å². The molecule has 0 aliphatic rings. The third-order valence-corrected chi connectivity index (χ3v) is 4.37. The summed E-state index contributed by atoms with van der Waals surface area (Å²) < 4.78 is 6.18. The van der Waals surface area contributed by atoms with Crippen molar-refractivity contribution in [2.24, 2.45) is 0 Å². The zero-order valence-corrected chi connectivity index (χ0v) is 15.6. The first kappa shape index (κ1) is 18.5. The Hall–Kier alpha value is -1.85. The van der Waals surface area contributed by atoms with Gasteiger partial charge < -0.3 is 15.4 Å². The van der Waals surface area contributed by atoms with Gasteiger partial charge in [-0.3, -0.25) is 4.79 Å². The van der Waals surface area contributed by atoms with Crippen LogP contribution < -0.4 is 15.4 Å². The lowest BCUT2D eigenvalue weighted by Gasteiger charge is -2.17. The molecule has 24 heavy (non-hydrogen) atoms. The molecule has 0 saturated heterocycles. The highest BCUT2D eigenvalue weighted by Gasteiger charge is 2.10. The SMILES string of the molecule is CC[C@@H](NCC(=O)NCc1ccc(OC)cc1)c1ccc(Br)cc1. The van der Waals surface area contributed by atoms with Gasteiger partial charge >= 0.3 is 0 Å². The molecule has 2 rings (SSSR count). The lowest BCUT2D eigenvalue weighted by molar-refractivity contribution is -0.120. The standard InChI is InChI=1S/C19H23BrN2O2/c1-3-18(15-6-8-16(20)9-7-15)21-13-19(23)22-12-14-4-10-17(24-2)11-5-14/h4-11,18,21H,3,12-13H2,1-2H3,(H,22,23)/t18-/m1/s1. The molecule has 5 heteroatoms. The largest absolute Gasteiger partial charge is 0.497 e. The van der Waals surface area contributed by atoms with Crippen LogP contribution in [0.3, 0.4) is 0 Å². The summed E-state index contributed by atoms with van der Waals surface area (Å²) in [6.07, 6.45) is 0.924. The van der Waals surface area contributed by atoms with Gasteiger partial charge in [0.25, 0.3) is 0 Å². The average molecular weight is 391 g/mol. The lowest BCUT2D eigenvalue weighted by Crippen LogP contribution is -2.35. The molecule has 1 amide bonds. The second kappa shape index (κ2) is 9.45. The molecule has 4 nitrogen and oxygen atoms in total. The van der Waals surface area contributed by atoms with Gasteiger partial charge in [-0.1, -0.05) is 47.1 Å². The predicted molar refractivity (Wildman–Crippen MR) is 100 cm³/mol. The van der Waals surface area contributed by atoms with Crippen LogP contribution in [0.15, 0.2) is 53.0 Å². The first-order valence-electron chi connectivity index (χ1n) is 8.01. The van der Waals surface area contributed by atoms with Crippen molar-refractivity contribution in [1.82, 2.24) is 10.6 Å². The minimum atomic E-state index is -0.0126. The van der Waals surface area contributed by atoms with E-state index in [0.717, 1.165) is 22.2 Å². The maximum atomic E-state index is 12.0. The van der Waals surface area contributed by atoms with Crippen molar-refractivity contribution in [3.63, 3.8) is 0 Å². The second-order valence-corrected chi connectivity index (χ2v) is 6.43. The predicted octanol–water partition coefficient (Wildman–Crippen LogP) is 3.81. The number of ether oxygens (including phenoxy) is 1. The summed E-state index contributed by atoms with van der Waals surface area (Å²) in [5, 5.41) is 6.24. The van der Waals surface area contributed by atoms with Crippen LogP contribution in [0.25, 0.3) is 0 Å². The number of hydrogen-bond acceptors (Lipinski definition) is 3. The van der Waals surface area contributed by atoms with Gasteiger partial charge in [0, 0.05) is 17.1 Å². The molecule has 0 aromatic heterocycles. The topological polar surface area (TPSA) is 50.4 Å². The Balaban J connectivity index is 1.79. The van der Waals surface area contributed by atoms with Gasteiger partial charge in [-0.25, -0.2) is 0 Å². The Labute approximate surface area is 151 Å². The summed E-state index contributed by atoms with van der Waals surface area (Å²) in [5.41, 5.74) is 2.23. The molecule has 0 unspecified atom stereocenters. The monoisotopic (exact) mass is 390 g/mol. The number of nitrogens with one attached hydrogen (secondary N) is 2.